The van der Waals surface area contributed by atoms with Gasteiger partial charge in [0.1, 0.15) is 11.9 Å². The van der Waals surface area contributed by atoms with E-state index in [1.807, 2.05) is 44.0 Å². The molecule has 2 unspecified atom stereocenters. The standard InChI is InChI=1S/C17H26N4O2/c1-12(2)10-16(22)20(3)13-7-9-21(14(11-13)17(18)23)15-6-4-5-8-19-15/h4-6,8,12-14H,7,9-11H2,1-3H3,(H2,18,23). The fourth-order valence-electron chi connectivity index (χ4n) is 3.06. The van der Waals surface area contributed by atoms with E-state index in [0.717, 1.165) is 12.2 Å². The maximum atomic E-state index is 12.3. The molecule has 1 aromatic rings. The smallest absolute Gasteiger partial charge is 0.240 e. The number of nitrogens with two attached hydrogens (primary N) is 1. The molecular formula is C17H26N4O2. The predicted molar refractivity (Wildman–Crippen MR) is 89.8 cm³/mol. The highest BCUT2D eigenvalue weighted by atomic mass is 16.2. The molecule has 2 atom stereocenters. The highest BCUT2D eigenvalue weighted by Crippen LogP contribution is 2.26. The Labute approximate surface area is 137 Å². The SMILES string of the molecule is CC(C)CC(=O)N(C)C1CCN(c2ccccn2)C(C(N)=O)C1. The Morgan fingerprint density at radius 3 is 2.74 bits per heavy atom. The minimum atomic E-state index is -0.432. The average molecular weight is 318 g/mol. The zero-order valence-corrected chi connectivity index (χ0v) is 14.1. The van der Waals surface area contributed by atoms with Crippen molar-refractivity contribution in [2.24, 2.45) is 11.7 Å². The van der Waals surface area contributed by atoms with E-state index in [4.69, 9.17) is 5.73 Å². The van der Waals surface area contributed by atoms with Gasteiger partial charge in [0.05, 0.1) is 0 Å². The third-order valence-corrected chi connectivity index (χ3v) is 4.37. The van der Waals surface area contributed by atoms with E-state index in [1.165, 1.54) is 0 Å². The van der Waals surface area contributed by atoms with E-state index in [2.05, 4.69) is 4.98 Å². The summed E-state index contributed by atoms with van der Waals surface area (Å²) in [6.07, 6.45) is 3.59. The molecule has 2 rings (SSSR count). The van der Waals surface area contributed by atoms with Crippen molar-refractivity contribution in [1.82, 2.24) is 9.88 Å². The number of hydrogen-bond donors (Lipinski definition) is 1. The van der Waals surface area contributed by atoms with Crippen LogP contribution in [0.3, 0.4) is 0 Å². The molecule has 1 saturated heterocycles. The number of piperidine rings is 1. The molecule has 1 aliphatic rings. The highest BCUT2D eigenvalue weighted by Gasteiger charge is 2.35. The summed E-state index contributed by atoms with van der Waals surface area (Å²) in [6, 6.07) is 5.22. The first kappa shape index (κ1) is 17.2. The van der Waals surface area contributed by atoms with Gasteiger partial charge in [-0.1, -0.05) is 19.9 Å². The Morgan fingerprint density at radius 1 is 1.43 bits per heavy atom. The summed E-state index contributed by atoms with van der Waals surface area (Å²) in [5.41, 5.74) is 5.60. The molecule has 0 saturated carbocycles. The van der Waals surface area contributed by atoms with Crippen molar-refractivity contribution in [1.29, 1.82) is 0 Å². The van der Waals surface area contributed by atoms with Crippen molar-refractivity contribution in [2.75, 3.05) is 18.5 Å². The van der Waals surface area contributed by atoms with Gasteiger partial charge >= 0.3 is 0 Å². The van der Waals surface area contributed by atoms with E-state index in [0.29, 0.717) is 25.3 Å². The number of carbonyl (C=O) groups excluding carboxylic acids is 2. The minimum Gasteiger partial charge on any atom is -0.368 e. The van der Waals surface area contributed by atoms with Gasteiger partial charge in [-0.2, -0.15) is 0 Å². The van der Waals surface area contributed by atoms with E-state index < -0.39 is 6.04 Å². The van der Waals surface area contributed by atoms with Crippen LogP contribution >= 0.6 is 0 Å². The molecule has 2 N–H and O–H groups in total. The topological polar surface area (TPSA) is 79.5 Å². The first-order valence-electron chi connectivity index (χ1n) is 8.12. The first-order valence-corrected chi connectivity index (χ1v) is 8.12. The lowest BCUT2D eigenvalue weighted by atomic mass is 9.94. The maximum absolute atomic E-state index is 12.3. The second-order valence-electron chi connectivity index (χ2n) is 6.58. The van der Waals surface area contributed by atoms with E-state index in [1.54, 1.807) is 11.1 Å². The van der Waals surface area contributed by atoms with Crippen molar-refractivity contribution in [3.8, 4) is 0 Å². The Balaban J connectivity index is 2.10. The average Bonchev–Trinajstić information content (AvgIpc) is 2.53. The molecule has 0 aliphatic carbocycles. The largest absolute Gasteiger partial charge is 0.368 e. The normalized spacial score (nSPS) is 21.3. The molecule has 2 amide bonds. The number of hydrogen-bond acceptors (Lipinski definition) is 4. The molecule has 126 valence electrons. The van der Waals surface area contributed by atoms with Gasteiger partial charge in [0.2, 0.25) is 11.8 Å². The lowest BCUT2D eigenvalue weighted by Gasteiger charge is -2.41. The monoisotopic (exact) mass is 318 g/mol. The Hall–Kier alpha value is -2.11. The van der Waals surface area contributed by atoms with Crippen LogP contribution in [-0.2, 0) is 9.59 Å². The molecule has 0 radical (unpaired) electrons. The highest BCUT2D eigenvalue weighted by molar-refractivity contribution is 5.84. The second kappa shape index (κ2) is 7.44. The van der Waals surface area contributed by atoms with Gasteiger partial charge in [-0.3, -0.25) is 9.59 Å². The number of nitrogens with zero attached hydrogens (tertiary/aromatic N) is 3. The van der Waals surface area contributed by atoms with Crippen LogP contribution in [-0.4, -0.2) is 47.4 Å². The zero-order valence-electron chi connectivity index (χ0n) is 14.1. The quantitative estimate of drug-likeness (QED) is 0.890. The van der Waals surface area contributed by atoms with Crippen LogP contribution in [0.5, 0.6) is 0 Å². The van der Waals surface area contributed by atoms with Gasteiger partial charge in [0.15, 0.2) is 0 Å². The van der Waals surface area contributed by atoms with Crippen molar-refractivity contribution in [2.45, 2.75) is 45.2 Å². The molecule has 6 nitrogen and oxygen atoms in total. The first-order chi connectivity index (χ1) is 10.9. The Bertz CT molecular complexity index is 547. The molecule has 1 aromatic heterocycles. The van der Waals surface area contributed by atoms with Crippen LogP contribution in [0, 0.1) is 5.92 Å². The second-order valence-corrected chi connectivity index (χ2v) is 6.58. The zero-order chi connectivity index (χ0) is 17.0. The molecule has 6 heteroatoms. The Kier molecular flexibility index (Phi) is 5.58. The third kappa shape index (κ3) is 4.21. The molecule has 23 heavy (non-hydrogen) atoms. The minimum absolute atomic E-state index is 0.0405. The van der Waals surface area contributed by atoms with E-state index >= 15 is 0 Å². The Morgan fingerprint density at radius 2 is 2.17 bits per heavy atom. The van der Waals surface area contributed by atoms with Gasteiger partial charge in [-0.25, -0.2) is 4.98 Å². The third-order valence-electron chi connectivity index (χ3n) is 4.37. The van der Waals surface area contributed by atoms with Crippen LogP contribution < -0.4 is 10.6 Å². The lowest BCUT2D eigenvalue weighted by Crippen LogP contribution is -2.55. The van der Waals surface area contributed by atoms with Gasteiger partial charge < -0.3 is 15.5 Å². The molecule has 0 aromatic carbocycles. The summed E-state index contributed by atoms with van der Waals surface area (Å²) < 4.78 is 0. The van der Waals surface area contributed by atoms with Crippen molar-refractivity contribution in [3.05, 3.63) is 24.4 Å². The number of amides is 2. The van der Waals surface area contributed by atoms with Crippen molar-refractivity contribution in [3.63, 3.8) is 0 Å². The number of pyridine rings is 1. The lowest BCUT2D eigenvalue weighted by molar-refractivity contribution is -0.134. The van der Waals surface area contributed by atoms with Crippen LogP contribution in [0.1, 0.15) is 33.1 Å². The van der Waals surface area contributed by atoms with Gasteiger partial charge in [0.25, 0.3) is 0 Å². The summed E-state index contributed by atoms with van der Waals surface area (Å²) in [7, 11) is 1.82. The molecule has 0 bridgehead atoms. The summed E-state index contributed by atoms with van der Waals surface area (Å²) in [4.78, 5) is 32.2. The van der Waals surface area contributed by atoms with E-state index in [9.17, 15) is 9.59 Å². The van der Waals surface area contributed by atoms with Crippen LogP contribution in [0.4, 0.5) is 5.82 Å². The van der Waals surface area contributed by atoms with Crippen molar-refractivity contribution < 1.29 is 9.59 Å². The van der Waals surface area contributed by atoms with E-state index in [-0.39, 0.29) is 17.9 Å². The number of carbonyl (C=O) groups is 2. The summed E-state index contributed by atoms with van der Waals surface area (Å²) >= 11 is 0. The predicted octanol–water partition coefficient (Wildman–Crippen LogP) is 1.41. The number of anilines is 1. The molecule has 2 heterocycles. The molecule has 1 fully saturated rings. The summed E-state index contributed by atoms with van der Waals surface area (Å²) in [6.45, 7) is 4.72. The molecular weight excluding hydrogens is 292 g/mol. The molecule has 0 spiro atoms. The number of primary amides is 1. The summed E-state index contributed by atoms with van der Waals surface area (Å²) in [5, 5.41) is 0. The van der Waals surface area contributed by atoms with Crippen molar-refractivity contribution >= 4 is 17.6 Å². The van der Waals surface area contributed by atoms with Crippen LogP contribution in [0.2, 0.25) is 0 Å². The summed E-state index contributed by atoms with van der Waals surface area (Å²) in [5.74, 6) is 0.834. The van der Waals surface area contributed by atoms with Crippen LogP contribution in [0.25, 0.3) is 0 Å². The van der Waals surface area contributed by atoms with Gasteiger partial charge in [-0.15, -0.1) is 0 Å². The maximum Gasteiger partial charge on any atom is 0.240 e. The molecule has 1 aliphatic heterocycles. The number of aromatic nitrogens is 1. The number of rotatable bonds is 5. The van der Waals surface area contributed by atoms with Gasteiger partial charge in [-0.05, 0) is 30.9 Å². The fourth-order valence-corrected chi connectivity index (χ4v) is 3.06. The fraction of sp³-hybridized carbons (Fsp3) is 0.588. The van der Waals surface area contributed by atoms with Gasteiger partial charge in [0, 0.05) is 32.3 Å². The van der Waals surface area contributed by atoms with Crippen LogP contribution in [0.15, 0.2) is 24.4 Å².